The summed E-state index contributed by atoms with van der Waals surface area (Å²) >= 11 is 4.50. The molecule has 1 amide bonds. The summed E-state index contributed by atoms with van der Waals surface area (Å²) < 4.78 is 3.11. The monoisotopic (exact) mass is 419 g/mol. The average molecular weight is 420 g/mol. The fourth-order valence-electron chi connectivity index (χ4n) is 2.58. The first-order valence-electron chi connectivity index (χ1n) is 8.32. The van der Waals surface area contributed by atoms with Gasteiger partial charge in [-0.3, -0.25) is 9.36 Å². The second-order valence-electron chi connectivity index (χ2n) is 6.09. The quantitative estimate of drug-likeness (QED) is 0.597. The van der Waals surface area contributed by atoms with E-state index in [0.717, 1.165) is 27.0 Å². The molecule has 2 aromatic heterocycles. The third kappa shape index (κ3) is 4.53. The summed E-state index contributed by atoms with van der Waals surface area (Å²) in [6.07, 6.45) is 2.00. The van der Waals surface area contributed by atoms with Crippen molar-refractivity contribution in [1.82, 2.24) is 19.7 Å². The first kappa shape index (κ1) is 19.9. The Balaban J connectivity index is 1.73. The molecule has 6 nitrogen and oxygen atoms in total. The zero-order valence-corrected chi connectivity index (χ0v) is 18.3. The molecular weight excluding hydrogens is 398 g/mol. The lowest BCUT2D eigenvalue weighted by molar-refractivity contribution is -0.113. The van der Waals surface area contributed by atoms with Crippen molar-refractivity contribution in [2.45, 2.75) is 37.1 Å². The van der Waals surface area contributed by atoms with Gasteiger partial charge in [-0.25, -0.2) is 4.98 Å². The van der Waals surface area contributed by atoms with Crippen LogP contribution in [0, 0.1) is 27.7 Å². The molecule has 3 aromatic rings. The molecule has 0 bridgehead atoms. The van der Waals surface area contributed by atoms with E-state index in [0.29, 0.717) is 10.3 Å². The lowest BCUT2D eigenvalue weighted by atomic mass is 10.1. The van der Waals surface area contributed by atoms with Crippen LogP contribution in [0.3, 0.4) is 0 Å². The molecule has 2 heterocycles. The summed E-state index contributed by atoms with van der Waals surface area (Å²) in [6.45, 7) is 7.98. The summed E-state index contributed by atoms with van der Waals surface area (Å²) in [4.78, 5) is 16.7. The number of carbonyl (C=O) groups excluding carboxylic acids is 1. The molecule has 1 aromatic carbocycles. The number of aromatic nitrogens is 4. The van der Waals surface area contributed by atoms with Crippen LogP contribution in [0.2, 0.25) is 0 Å². The third-order valence-electron chi connectivity index (χ3n) is 3.92. The molecule has 0 fully saturated rings. The Kier molecular flexibility index (Phi) is 6.23. The molecular formula is C18H21N5OS3. The summed E-state index contributed by atoms with van der Waals surface area (Å²) in [5.74, 6) is 0.942. The van der Waals surface area contributed by atoms with Crippen LogP contribution in [0.1, 0.15) is 22.6 Å². The van der Waals surface area contributed by atoms with E-state index in [1.807, 2.05) is 24.7 Å². The molecule has 0 spiro atoms. The highest BCUT2D eigenvalue weighted by atomic mass is 32.2. The van der Waals surface area contributed by atoms with Crippen molar-refractivity contribution >= 4 is 45.9 Å². The van der Waals surface area contributed by atoms with Crippen molar-refractivity contribution in [2.75, 3.05) is 17.3 Å². The van der Waals surface area contributed by atoms with Crippen LogP contribution in [-0.4, -0.2) is 37.7 Å². The highest BCUT2D eigenvalue weighted by Crippen LogP contribution is 2.30. The highest BCUT2D eigenvalue weighted by molar-refractivity contribution is 8.00. The molecule has 142 valence electrons. The predicted octanol–water partition coefficient (Wildman–Crippen LogP) is 4.41. The Bertz CT molecular complexity index is 980. The molecule has 0 aliphatic heterocycles. The minimum absolute atomic E-state index is 0.102. The van der Waals surface area contributed by atoms with E-state index >= 15 is 0 Å². The van der Waals surface area contributed by atoms with E-state index in [4.69, 9.17) is 0 Å². The van der Waals surface area contributed by atoms with Crippen molar-refractivity contribution in [3.05, 3.63) is 40.8 Å². The SMILES string of the molecule is CSc1sc(NC(=O)CSc2nnc(C)n2-c2cc(C)ccc2C)nc1C. The van der Waals surface area contributed by atoms with Gasteiger partial charge < -0.3 is 5.32 Å². The summed E-state index contributed by atoms with van der Waals surface area (Å²) in [6, 6.07) is 6.27. The van der Waals surface area contributed by atoms with Gasteiger partial charge in [0.05, 0.1) is 21.3 Å². The van der Waals surface area contributed by atoms with Gasteiger partial charge in [-0.15, -0.1) is 22.0 Å². The number of nitrogens with zero attached hydrogens (tertiary/aromatic N) is 4. The smallest absolute Gasteiger partial charge is 0.236 e. The predicted molar refractivity (Wildman–Crippen MR) is 114 cm³/mol. The minimum atomic E-state index is -0.102. The Hall–Kier alpha value is -1.84. The van der Waals surface area contributed by atoms with Crippen molar-refractivity contribution < 1.29 is 4.79 Å². The van der Waals surface area contributed by atoms with E-state index in [1.165, 1.54) is 28.7 Å². The van der Waals surface area contributed by atoms with Gasteiger partial charge >= 0.3 is 0 Å². The summed E-state index contributed by atoms with van der Waals surface area (Å²) in [5.41, 5.74) is 4.29. The van der Waals surface area contributed by atoms with Gasteiger partial charge in [0.25, 0.3) is 0 Å². The number of carbonyl (C=O) groups is 1. The van der Waals surface area contributed by atoms with Gasteiger partial charge in [-0.1, -0.05) is 35.2 Å². The Morgan fingerprint density at radius 1 is 1.22 bits per heavy atom. The molecule has 0 atom stereocenters. The zero-order valence-electron chi connectivity index (χ0n) is 15.9. The summed E-state index contributed by atoms with van der Waals surface area (Å²) in [7, 11) is 0. The maximum atomic E-state index is 12.3. The van der Waals surface area contributed by atoms with Crippen LogP contribution in [0.5, 0.6) is 0 Å². The molecule has 0 saturated carbocycles. The Morgan fingerprint density at radius 2 is 2.00 bits per heavy atom. The van der Waals surface area contributed by atoms with Gasteiger partial charge in [0.15, 0.2) is 10.3 Å². The van der Waals surface area contributed by atoms with Crippen LogP contribution in [0.15, 0.2) is 27.6 Å². The number of nitrogens with one attached hydrogen (secondary N) is 1. The number of thiazole rings is 1. The van der Waals surface area contributed by atoms with Gasteiger partial charge in [-0.2, -0.15) is 0 Å². The Labute approximate surface area is 171 Å². The highest BCUT2D eigenvalue weighted by Gasteiger charge is 2.16. The fraction of sp³-hybridized carbons (Fsp3) is 0.333. The van der Waals surface area contributed by atoms with E-state index in [1.54, 1.807) is 11.8 Å². The van der Waals surface area contributed by atoms with Crippen molar-refractivity contribution in [1.29, 1.82) is 0 Å². The lowest BCUT2D eigenvalue weighted by Gasteiger charge is -2.12. The lowest BCUT2D eigenvalue weighted by Crippen LogP contribution is -2.14. The first-order chi connectivity index (χ1) is 12.9. The van der Waals surface area contributed by atoms with Crippen LogP contribution in [-0.2, 0) is 4.79 Å². The van der Waals surface area contributed by atoms with Crippen LogP contribution in [0.25, 0.3) is 5.69 Å². The number of hydrogen-bond donors (Lipinski definition) is 1. The maximum Gasteiger partial charge on any atom is 0.236 e. The number of rotatable bonds is 6. The van der Waals surface area contributed by atoms with E-state index < -0.39 is 0 Å². The van der Waals surface area contributed by atoms with Crippen molar-refractivity contribution in [2.24, 2.45) is 0 Å². The number of aryl methyl sites for hydroxylation is 4. The van der Waals surface area contributed by atoms with Gasteiger partial charge in [0.2, 0.25) is 5.91 Å². The fourth-order valence-corrected chi connectivity index (χ4v) is 5.00. The van der Waals surface area contributed by atoms with Gasteiger partial charge in [-0.05, 0) is 51.1 Å². The van der Waals surface area contributed by atoms with Crippen molar-refractivity contribution in [3.63, 3.8) is 0 Å². The molecule has 27 heavy (non-hydrogen) atoms. The van der Waals surface area contributed by atoms with E-state index in [2.05, 4.69) is 52.5 Å². The second-order valence-corrected chi connectivity index (χ2v) is 9.10. The normalized spacial score (nSPS) is 11.0. The molecule has 0 unspecified atom stereocenters. The van der Waals surface area contributed by atoms with Crippen LogP contribution >= 0.6 is 34.9 Å². The van der Waals surface area contributed by atoms with Crippen LogP contribution < -0.4 is 5.32 Å². The van der Waals surface area contributed by atoms with Crippen molar-refractivity contribution in [3.8, 4) is 5.69 Å². The van der Waals surface area contributed by atoms with Gasteiger partial charge in [0.1, 0.15) is 5.82 Å². The largest absolute Gasteiger partial charge is 0.301 e. The molecule has 0 radical (unpaired) electrons. The van der Waals surface area contributed by atoms with Gasteiger partial charge in [0, 0.05) is 0 Å². The average Bonchev–Trinajstić information content (AvgIpc) is 3.17. The maximum absolute atomic E-state index is 12.3. The molecule has 0 saturated heterocycles. The zero-order chi connectivity index (χ0) is 19.6. The second kappa shape index (κ2) is 8.45. The Morgan fingerprint density at radius 3 is 2.70 bits per heavy atom. The molecule has 0 aliphatic carbocycles. The molecule has 3 rings (SSSR count). The summed E-state index contributed by atoms with van der Waals surface area (Å²) in [5, 5.41) is 12.7. The standard InChI is InChI=1S/C18H21N5OS3/c1-10-6-7-11(2)14(8-10)23-13(4)21-22-18(23)26-9-15(24)20-17-19-12(3)16(25-5)27-17/h6-8H,9H2,1-5H3,(H,19,20,24). The molecule has 9 heteroatoms. The van der Waals surface area contributed by atoms with Crippen LogP contribution in [0.4, 0.5) is 5.13 Å². The number of anilines is 1. The molecule has 1 N–H and O–H groups in total. The third-order valence-corrected chi connectivity index (χ3v) is 7.13. The number of hydrogen-bond acceptors (Lipinski definition) is 7. The van der Waals surface area contributed by atoms with E-state index in [-0.39, 0.29) is 11.7 Å². The van der Waals surface area contributed by atoms with E-state index in [9.17, 15) is 4.79 Å². The number of thioether (sulfide) groups is 2. The number of benzene rings is 1. The minimum Gasteiger partial charge on any atom is -0.301 e. The topological polar surface area (TPSA) is 72.7 Å². The number of amides is 1. The first-order valence-corrected chi connectivity index (χ1v) is 11.4. The molecule has 0 aliphatic rings.